The molecule has 20 heavy (non-hydrogen) atoms. The molecule has 112 valence electrons. The summed E-state index contributed by atoms with van der Waals surface area (Å²) in [6, 6.07) is 9.57. The van der Waals surface area contributed by atoms with Crippen molar-refractivity contribution in [3.8, 4) is 0 Å². The third kappa shape index (κ3) is 4.21. The van der Waals surface area contributed by atoms with Crippen molar-refractivity contribution in [1.29, 1.82) is 0 Å². The van der Waals surface area contributed by atoms with Gasteiger partial charge in [-0.15, -0.1) is 0 Å². The molecule has 1 saturated heterocycles. The summed E-state index contributed by atoms with van der Waals surface area (Å²) in [5.41, 5.74) is 1.38. The quantitative estimate of drug-likeness (QED) is 0.893. The summed E-state index contributed by atoms with van der Waals surface area (Å²) in [6.45, 7) is 10.3. The molecule has 1 fully saturated rings. The largest absolute Gasteiger partial charge is 0.311 e. The number of rotatable bonds is 5. The van der Waals surface area contributed by atoms with Gasteiger partial charge in [0.15, 0.2) is 0 Å². The van der Waals surface area contributed by atoms with Crippen LogP contribution in [0, 0.1) is 5.92 Å². The Hall–Kier alpha value is -0.570. The van der Waals surface area contributed by atoms with E-state index in [9.17, 15) is 0 Å². The second-order valence-electron chi connectivity index (χ2n) is 6.19. The first-order chi connectivity index (χ1) is 9.60. The maximum atomic E-state index is 5.94. The van der Waals surface area contributed by atoms with E-state index in [1.165, 1.54) is 18.5 Å². The van der Waals surface area contributed by atoms with Gasteiger partial charge in [-0.2, -0.15) is 0 Å². The van der Waals surface area contributed by atoms with Gasteiger partial charge in [0.1, 0.15) is 0 Å². The predicted molar refractivity (Wildman–Crippen MR) is 87.4 cm³/mol. The lowest BCUT2D eigenvalue weighted by molar-refractivity contribution is 0.112. The first-order valence-corrected chi connectivity index (χ1v) is 8.19. The van der Waals surface area contributed by atoms with Crippen LogP contribution in [-0.4, -0.2) is 36.6 Å². The van der Waals surface area contributed by atoms with Crippen LogP contribution in [-0.2, 0) is 6.42 Å². The Morgan fingerprint density at radius 2 is 2.00 bits per heavy atom. The van der Waals surface area contributed by atoms with Crippen molar-refractivity contribution in [2.45, 2.75) is 45.7 Å². The zero-order valence-corrected chi connectivity index (χ0v) is 13.7. The Morgan fingerprint density at radius 1 is 1.30 bits per heavy atom. The lowest BCUT2D eigenvalue weighted by atomic mass is 9.98. The Bertz CT molecular complexity index is 402. The first kappa shape index (κ1) is 15.8. The third-order valence-electron chi connectivity index (χ3n) is 4.44. The smallest absolute Gasteiger partial charge is 0.0406 e. The van der Waals surface area contributed by atoms with Gasteiger partial charge in [0.25, 0.3) is 0 Å². The molecule has 2 rings (SSSR count). The van der Waals surface area contributed by atoms with Crippen molar-refractivity contribution in [3.05, 3.63) is 34.9 Å². The Morgan fingerprint density at radius 3 is 2.60 bits per heavy atom. The fourth-order valence-electron chi connectivity index (χ4n) is 2.93. The van der Waals surface area contributed by atoms with Crippen molar-refractivity contribution < 1.29 is 0 Å². The number of hydrogen-bond acceptors (Lipinski definition) is 2. The second-order valence-corrected chi connectivity index (χ2v) is 6.63. The van der Waals surface area contributed by atoms with E-state index in [4.69, 9.17) is 11.6 Å². The molecule has 0 aromatic heterocycles. The molecular weight excluding hydrogens is 268 g/mol. The normalized spacial score (nSPS) is 24.2. The van der Waals surface area contributed by atoms with Crippen LogP contribution in [0.4, 0.5) is 0 Å². The van der Waals surface area contributed by atoms with Crippen LogP contribution in [0.2, 0.25) is 5.02 Å². The number of nitrogens with zero attached hydrogens (tertiary/aromatic N) is 1. The van der Waals surface area contributed by atoms with E-state index >= 15 is 0 Å². The Balaban J connectivity index is 1.92. The zero-order valence-electron chi connectivity index (χ0n) is 12.9. The van der Waals surface area contributed by atoms with Gasteiger partial charge >= 0.3 is 0 Å². The molecule has 3 heteroatoms. The third-order valence-corrected chi connectivity index (χ3v) is 4.69. The summed E-state index contributed by atoms with van der Waals surface area (Å²) >= 11 is 5.94. The van der Waals surface area contributed by atoms with E-state index in [1.54, 1.807) is 0 Å². The maximum absolute atomic E-state index is 5.94. The van der Waals surface area contributed by atoms with Crippen LogP contribution in [0.15, 0.2) is 24.3 Å². The van der Waals surface area contributed by atoms with Gasteiger partial charge in [0.05, 0.1) is 0 Å². The van der Waals surface area contributed by atoms with Crippen molar-refractivity contribution in [2.24, 2.45) is 5.92 Å². The summed E-state index contributed by atoms with van der Waals surface area (Å²) < 4.78 is 0. The van der Waals surface area contributed by atoms with E-state index in [2.05, 4.69) is 43.1 Å². The van der Waals surface area contributed by atoms with Crippen molar-refractivity contribution in [3.63, 3.8) is 0 Å². The monoisotopic (exact) mass is 294 g/mol. The Labute approximate surface area is 128 Å². The minimum Gasteiger partial charge on any atom is -0.311 e. The SMILES string of the molecule is CCC1CNC(C(C)C)CN1CCc1ccc(Cl)cc1. The number of hydrogen-bond donors (Lipinski definition) is 1. The van der Waals surface area contributed by atoms with Crippen molar-refractivity contribution in [1.82, 2.24) is 10.2 Å². The molecule has 0 saturated carbocycles. The number of halogens is 1. The lowest BCUT2D eigenvalue weighted by Crippen LogP contribution is -2.58. The van der Waals surface area contributed by atoms with Crippen molar-refractivity contribution >= 4 is 11.6 Å². The van der Waals surface area contributed by atoms with Gasteiger partial charge in [0.2, 0.25) is 0 Å². The van der Waals surface area contributed by atoms with Gasteiger partial charge in [-0.1, -0.05) is 44.5 Å². The van der Waals surface area contributed by atoms with E-state index in [1.807, 2.05) is 12.1 Å². The molecule has 1 aromatic rings. The summed E-state index contributed by atoms with van der Waals surface area (Å²) in [5, 5.41) is 4.52. The number of nitrogens with one attached hydrogen (secondary N) is 1. The summed E-state index contributed by atoms with van der Waals surface area (Å²) in [6.07, 6.45) is 2.33. The molecule has 0 bridgehead atoms. The van der Waals surface area contributed by atoms with E-state index in [-0.39, 0.29) is 0 Å². The van der Waals surface area contributed by atoms with Crippen LogP contribution >= 0.6 is 11.6 Å². The van der Waals surface area contributed by atoms with Crippen LogP contribution in [0.1, 0.15) is 32.8 Å². The molecule has 1 heterocycles. The zero-order chi connectivity index (χ0) is 14.5. The molecule has 2 nitrogen and oxygen atoms in total. The number of piperazine rings is 1. The van der Waals surface area contributed by atoms with Gasteiger partial charge in [-0.3, -0.25) is 4.90 Å². The van der Waals surface area contributed by atoms with Crippen LogP contribution in [0.3, 0.4) is 0 Å². The average Bonchev–Trinajstić information content (AvgIpc) is 2.46. The molecule has 1 N–H and O–H groups in total. The number of benzene rings is 1. The topological polar surface area (TPSA) is 15.3 Å². The molecule has 0 amide bonds. The van der Waals surface area contributed by atoms with Gasteiger partial charge in [-0.25, -0.2) is 0 Å². The molecule has 0 aliphatic carbocycles. The molecule has 1 aromatic carbocycles. The van der Waals surface area contributed by atoms with Gasteiger partial charge in [0, 0.05) is 36.7 Å². The standard InChI is InChI=1S/C17H27ClN2/c1-4-16-11-19-17(13(2)3)12-20(16)10-9-14-5-7-15(18)8-6-14/h5-8,13,16-17,19H,4,9-12H2,1-3H3. The van der Waals surface area contributed by atoms with E-state index in [0.717, 1.165) is 24.5 Å². The van der Waals surface area contributed by atoms with Crippen LogP contribution in [0.25, 0.3) is 0 Å². The van der Waals surface area contributed by atoms with E-state index < -0.39 is 0 Å². The summed E-state index contributed by atoms with van der Waals surface area (Å²) in [5.74, 6) is 0.700. The fourth-order valence-corrected chi connectivity index (χ4v) is 3.06. The fraction of sp³-hybridized carbons (Fsp3) is 0.647. The highest BCUT2D eigenvalue weighted by Gasteiger charge is 2.27. The molecule has 0 radical (unpaired) electrons. The molecule has 2 unspecified atom stereocenters. The highest BCUT2D eigenvalue weighted by Crippen LogP contribution is 2.16. The minimum atomic E-state index is 0.628. The molecule has 1 aliphatic rings. The van der Waals surface area contributed by atoms with Crippen molar-refractivity contribution in [2.75, 3.05) is 19.6 Å². The summed E-state index contributed by atoms with van der Waals surface area (Å²) in [7, 11) is 0. The molecule has 0 spiro atoms. The second kappa shape index (κ2) is 7.44. The molecular formula is C17H27ClN2. The molecule has 1 aliphatic heterocycles. The average molecular weight is 295 g/mol. The minimum absolute atomic E-state index is 0.628. The maximum Gasteiger partial charge on any atom is 0.0406 e. The Kier molecular flexibility index (Phi) is 5.88. The van der Waals surface area contributed by atoms with Gasteiger partial charge in [-0.05, 0) is 36.5 Å². The van der Waals surface area contributed by atoms with Crippen LogP contribution < -0.4 is 5.32 Å². The highest BCUT2D eigenvalue weighted by molar-refractivity contribution is 6.30. The van der Waals surface area contributed by atoms with Crippen LogP contribution in [0.5, 0.6) is 0 Å². The van der Waals surface area contributed by atoms with E-state index in [0.29, 0.717) is 18.0 Å². The molecule has 2 atom stereocenters. The van der Waals surface area contributed by atoms with Gasteiger partial charge < -0.3 is 5.32 Å². The lowest BCUT2D eigenvalue weighted by Gasteiger charge is -2.41. The summed E-state index contributed by atoms with van der Waals surface area (Å²) in [4.78, 5) is 2.66. The first-order valence-electron chi connectivity index (χ1n) is 7.82. The predicted octanol–water partition coefficient (Wildman–Crippen LogP) is 3.59. The highest BCUT2D eigenvalue weighted by atomic mass is 35.5.